The summed E-state index contributed by atoms with van der Waals surface area (Å²) >= 11 is 5.20. The molecule has 2 atom stereocenters. The normalized spacial score (nSPS) is 11.5. The van der Waals surface area contributed by atoms with Gasteiger partial charge in [-0.3, -0.25) is 0 Å². The first-order valence-corrected chi connectivity index (χ1v) is 6.73. The molecular weight excluding hydrogens is 229 g/mol. The summed E-state index contributed by atoms with van der Waals surface area (Å²) in [6.45, 7) is -2.27. The topological polar surface area (TPSA) is 18.5 Å². The summed E-state index contributed by atoms with van der Waals surface area (Å²) in [5.74, 6) is 0. The van der Waals surface area contributed by atoms with E-state index in [1.165, 1.54) is 0 Å². The zero-order chi connectivity index (χ0) is 9.03. The van der Waals surface area contributed by atoms with Crippen molar-refractivity contribution in [2.24, 2.45) is 0 Å². The van der Waals surface area contributed by atoms with E-state index in [2.05, 4.69) is 18.9 Å². The molecule has 0 aliphatic rings. The second-order valence-corrected chi connectivity index (χ2v) is 6.68. The third-order valence-corrected chi connectivity index (χ3v) is 6.68. The van der Waals surface area contributed by atoms with Crippen LogP contribution >= 0.6 is 25.4 Å². The van der Waals surface area contributed by atoms with E-state index < -0.39 is 6.49 Å². The molecule has 0 saturated carbocycles. The largest absolute Gasteiger partial charge is 0.309 e. The van der Waals surface area contributed by atoms with Crippen LogP contribution < -0.4 is 5.30 Å². The van der Waals surface area contributed by atoms with Gasteiger partial charge in [-0.15, -0.1) is 0 Å². The molecule has 0 bridgehead atoms. The molecule has 0 heterocycles. The van der Waals surface area contributed by atoms with Gasteiger partial charge in [0.25, 0.3) is 0 Å². The third kappa shape index (κ3) is 2.33. The highest BCUT2D eigenvalue weighted by Gasteiger charge is 2.17. The first-order valence-electron chi connectivity index (χ1n) is 3.15. The second-order valence-electron chi connectivity index (χ2n) is 2.04. The van der Waals surface area contributed by atoms with Crippen molar-refractivity contribution in [3.8, 4) is 0 Å². The Morgan fingerprint density at radius 2 is 1.58 bits per heavy atom. The van der Waals surface area contributed by atoms with Crippen LogP contribution in [0.5, 0.6) is 0 Å². The SMILES string of the molecule is POP(=S)(OP)c1ccccc1. The maximum Gasteiger partial charge on any atom is 0.224 e. The van der Waals surface area contributed by atoms with Crippen molar-refractivity contribution >= 4 is 42.5 Å². The Labute approximate surface area is 81.8 Å². The first kappa shape index (κ1) is 10.7. The predicted molar refractivity (Wildman–Crippen MR) is 62.0 cm³/mol. The Kier molecular flexibility index (Phi) is 4.26. The quantitative estimate of drug-likeness (QED) is 0.752. The van der Waals surface area contributed by atoms with Crippen molar-refractivity contribution in [1.82, 2.24) is 0 Å². The lowest BCUT2D eigenvalue weighted by Gasteiger charge is -2.16. The molecular formula is C6H9O2P3S. The van der Waals surface area contributed by atoms with Crippen LogP contribution in [0.15, 0.2) is 30.3 Å². The molecule has 66 valence electrons. The minimum atomic E-state index is -2.27. The van der Waals surface area contributed by atoms with Gasteiger partial charge in [-0.25, -0.2) is 0 Å². The fourth-order valence-corrected chi connectivity index (χ4v) is 3.28. The lowest BCUT2D eigenvalue weighted by Crippen LogP contribution is -2.02. The molecule has 1 aromatic carbocycles. The van der Waals surface area contributed by atoms with Crippen LogP contribution in [0.3, 0.4) is 0 Å². The van der Waals surface area contributed by atoms with Crippen molar-refractivity contribution in [3.05, 3.63) is 30.3 Å². The number of benzene rings is 1. The number of rotatable bonds is 3. The Hall–Kier alpha value is 0.650. The van der Waals surface area contributed by atoms with E-state index >= 15 is 0 Å². The van der Waals surface area contributed by atoms with Crippen LogP contribution in [0.1, 0.15) is 0 Å². The molecule has 2 unspecified atom stereocenters. The molecule has 0 saturated heterocycles. The molecule has 0 amide bonds. The standard InChI is InChI=1S/C6H9O2P3S/c9-7-11(12,8-10)6-4-2-1-3-5-6/h1-5H,9-10H2. The summed E-state index contributed by atoms with van der Waals surface area (Å²) in [5, 5.41) is 0.907. The van der Waals surface area contributed by atoms with E-state index in [-0.39, 0.29) is 0 Å². The Balaban J connectivity index is 3.04. The summed E-state index contributed by atoms with van der Waals surface area (Å²) in [4.78, 5) is 0. The van der Waals surface area contributed by atoms with Gasteiger partial charge in [0.1, 0.15) is 0 Å². The van der Waals surface area contributed by atoms with Gasteiger partial charge < -0.3 is 8.62 Å². The van der Waals surface area contributed by atoms with Crippen LogP contribution in [-0.4, -0.2) is 0 Å². The monoisotopic (exact) mass is 238 g/mol. The van der Waals surface area contributed by atoms with Crippen molar-refractivity contribution < 1.29 is 8.62 Å². The molecule has 0 N–H and O–H groups in total. The van der Waals surface area contributed by atoms with Crippen LogP contribution in [0.25, 0.3) is 0 Å². The third-order valence-electron chi connectivity index (χ3n) is 1.35. The molecule has 0 fully saturated rings. The van der Waals surface area contributed by atoms with E-state index in [9.17, 15) is 0 Å². The van der Waals surface area contributed by atoms with Gasteiger partial charge in [0.15, 0.2) is 0 Å². The van der Waals surface area contributed by atoms with Gasteiger partial charge in [-0.05, 0) is 23.9 Å². The molecule has 6 heteroatoms. The predicted octanol–water partition coefficient (Wildman–Crippen LogP) is 2.23. The van der Waals surface area contributed by atoms with Crippen molar-refractivity contribution in [2.75, 3.05) is 0 Å². The molecule has 12 heavy (non-hydrogen) atoms. The van der Waals surface area contributed by atoms with E-state index in [0.717, 1.165) is 5.30 Å². The van der Waals surface area contributed by atoms with Gasteiger partial charge in [-0.1, -0.05) is 18.2 Å². The molecule has 2 nitrogen and oxygen atoms in total. The van der Waals surface area contributed by atoms with E-state index in [0.29, 0.717) is 0 Å². The fourth-order valence-electron chi connectivity index (χ4n) is 0.757. The maximum atomic E-state index is 5.20. The van der Waals surface area contributed by atoms with Crippen molar-refractivity contribution in [3.63, 3.8) is 0 Å². The van der Waals surface area contributed by atoms with E-state index in [4.69, 9.17) is 20.4 Å². The van der Waals surface area contributed by atoms with Gasteiger partial charge in [-0.2, -0.15) is 0 Å². The summed E-state index contributed by atoms with van der Waals surface area (Å²) in [6, 6.07) is 9.53. The Bertz CT molecular complexity index is 282. The summed E-state index contributed by atoms with van der Waals surface area (Å²) in [6.07, 6.45) is 0. The van der Waals surface area contributed by atoms with Crippen molar-refractivity contribution in [2.45, 2.75) is 0 Å². The lowest BCUT2D eigenvalue weighted by atomic mass is 10.4. The number of hydrogen-bond acceptors (Lipinski definition) is 3. The minimum absolute atomic E-state index is 0.907. The van der Waals surface area contributed by atoms with Crippen LogP contribution in [-0.2, 0) is 20.4 Å². The molecule has 0 aliphatic heterocycles. The highest BCUT2D eigenvalue weighted by Crippen LogP contribution is 2.51. The smallest absolute Gasteiger partial charge is 0.224 e. The molecule has 1 rings (SSSR count). The molecule has 1 aromatic rings. The highest BCUT2D eigenvalue weighted by atomic mass is 32.5. The van der Waals surface area contributed by atoms with Crippen molar-refractivity contribution in [1.29, 1.82) is 0 Å². The fraction of sp³-hybridized carbons (Fsp3) is 0. The minimum Gasteiger partial charge on any atom is -0.309 e. The highest BCUT2D eigenvalue weighted by molar-refractivity contribution is 8.15. The first-order chi connectivity index (χ1) is 5.73. The molecule has 0 spiro atoms. The zero-order valence-corrected chi connectivity index (χ0v) is 10.2. The van der Waals surface area contributed by atoms with Crippen LogP contribution in [0, 0.1) is 0 Å². The zero-order valence-electron chi connectivity index (χ0n) is 6.21. The maximum absolute atomic E-state index is 5.20. The average Bonchev–Trinajstić information content (AvgIpc) is 2.18. The molecule has 0 aromatic heterocycles. The average molecular weight is 238 g/mol. The summed E-state index contributed by atoms with van der Waals surface area (Å²) < 4.78 is 10.1. The number of hydrogen-bond donors (Lipinski definition) is 0. The van der Waals surface area contributed by atoms with Gasteiger partial charge in [0, 0.05) is 24.2 Å². The van der Waals surface area contributed by atoms with Crippen LogP contribution in [0.4, 0.5) is 0 Å². The van der Waals surface area contributed by atoms with Gasteiger partial charge >= 0.3 is 0 Å². The molecule has 0 aliphatic carbocycles. The summed E-state index contributed by atoms with van der Waals surface area (Å²) in [7, 11) is 4.30. The summed E-state index contributed by atoms with van der Waals surface area (Å²) in [5.41, 5.74) is 0. The van der Waals surface area contributed by atoms with Gasteiger partial charge in [0.2, 0.25) is 6.49 Å². The van der Waals surface area contributed by atoms with E-state index in [1.807, 2.05) is 30.3 Å². The molecule has 0 radical (unpaired) electrons. The Morgan fingerprint density at radius 1 is 1.08 bits per heavy atom. The Morgan fingerprint density at radius 3 is 2.00 bits per heavy atom. The second kappa shape index (κ2) is 4.77. The van der Waals surface area contributed by atoms with Crippen LogP contribution in [0.2, 0.25) is 0 Å². The lowest BCUT2D eigenvalue weighted by molar-refractivity contribution is 0.590. The van der Waals surface area contributed by atoms with E-state index in [1.54, 1.807) is 0 Å². The van der Waals surface area contributed by atoms with Gasteiger partial charge in [0.05, 0.1) is 0 Å².